The zero-order valence-corrected chi connectivity index (χ0v) is 19.7. The average Bonchev–Trinajstić information content (AvgIpc) is 2.71. The Morgan fingerprint density at radius 1 is 1.07 bits per heavy atom. The Balaban J connectivity index is 0.00000450. The van der Waals surface area contributed by atoms with Gasteiger partial charge in [-0.05, 0) is 35.4 Å². The van der Waals surface area contributed by atoms with Crippen LogP contribution in [0.15, 0.2) is 53.5 Å². The molecule has 0 spiro atoms. The number of benzene rings is 2. The van der Waals surface area contributed by atoms with Gasteiger partial charge in [0, 0.05) is 46.5 Å². The van der Waals surface area contributed by atoms with Gasteiger partial charge in [0.05, 0.1) is 6.61 Å². The van der Waals surface area contributed by atoms with Crippen LogP contribution in [-0.4, -0.2) is 51.8 Å². The molecule has 0 fully saturated rings. The minimum absolute atomic E-state index is 0. The third kappa shape index (κ3) is 9.12. The van der Waals surface area contributed by atoms with Gasteiger partial charge in [0.15, 0.2) is 5.96 Å². The highest BCUT2D eigenvalue weighted by molar-refractivity contribution is 14.0. The maximum absolute atomic E-state index is 12.2. The second-order valence-electron chi connectivity index (χ2n) is 6.40. The number of alkyl halides is 2. The quantitative estimate of drug-likeness (QED) is 0.208. The van der Waals surface area contributed by atoms with E-state index < -0.39 is 6.61 Å². The molecular formula is C21H29F2IN4O2. The van der Waals surface area contributed by atoms with Crippen LogP contribution in [0.25, 0.3) is 0 Å². The van der Waals surface area contributed by atoms with Crippen LogP contribution >= 0.6 is 24.0 Å². The van der Waals surface area contributed by atoms with Crippen LogP contribution in [-0.2, 0) is 17.8 Å². The molecule has 0 aromatic heterocycles. The Kier molecular flexibility index (Phi) is 12.1. The van der Waals surface area contributed by atoms with Gasteiger partial charge in [0.2, 0.25) is 0 Å². The predicted octanol–water partition coefficient (Wildman–Crippen LogP) is 4.17. The number of hydrogen-bond acceptors (Lipinski definition) is 4. The summed E-state index contributed by atoms with van der Waals surface area (Å²) in [6.45, 7) is -0.177. The maximum atomic E-state index is 12.2. The molecule has 0 atom stereocenters. The van der Waals surface area contributed by atoms with E-state index in [1.165, 1.54) is 12.1 Å². The van der Waals surface area contributed by atoms with Gasteiger partial charge in [-0.15, -0.1) is 24.0 Å². The molecule has 6 nitrogen and oxygen atoms in total. The van der Waals surface area contributed by atoms with Gasteiger partial charge >= 0.3 is 6.61 Å². The first-order chi connectivity index (χ1) is 14.0. The van der Waals surface area contributed by atoms with E-state index in [0.717, 1.165) is 29.3 Å². The Morgan fingerprint density at radius 3 is 2.27 bits per heavy atom. The summed E-state index contributed by atoms with van der Waals surface area (Å²) < 4.78 is 33.9. The predicted molar refractivity (Wildman–Crippen MR) is 127 cm³/mol. The van der Waals surface area contributed by atoms with E-state index in [0.29, 0.717) is 19.7 Å². The first-order valence-electron chi connectivity index (χ1n) is 9.29. The molecule has 2 aromatic rings. The van der Waals surface area contributed by atoms with Gasteiger partial charge in [0.1, 0.15) is 5.75 Å². The normalized spacial score (nSPS) is 11.1. The molecule has 0 unspecified atom stereocenters. The van der Waals surface area contributed by atoms with Gasteiger partial charge in [-0.3, -0.25) is 4.99 Å². The summed E-state index contributed by atoms with van der Waals surface area (Å²) in [4.78, 5) is 6.27. The van der Waals surface area contributed by atoms with E-state index in [4.69, 9.17) is 4.74 Å². The van der Waals surface area contributed by atoms with Crippen molar-refractivity contribution in [3.05, 3.63) is 59.7 Å². The lowest BCUT2D eigenvalue weighted by atomic mass is 10.2. The Hall–Kier alpha value is -2.14. The van der Waals surface area contributed by atoms with Gasteiger partial charge in [-0.1, -0.05) is 24.3 Å². The zero-order valence-electron chi connectivity index (χ0n) is 17.4. The topological polar surface area (TPSA) is 58.1 Å². The van der Waals surface area contributed by atoms with E-state index in [1.807, 2.05) is 24.1 Å². The standard InChI is InChI=1S/C21H28F2N4O2.HI/c1-24-21(26-14-16-4-8-18(9-5-16)25-12-13-28-3)27(2)15-17-6-10-19(11-7-17)29-20(22)23;/h4-11,20,25H,12-15H2,1-3H3,(H,24,26);1H. The summed E-state index contributed by atoms with van der Waals surface area (Å²) in [5.41, 5.74) is 3.14. The van der Waals surface area contributed by atoms with E-state index in [-0.39, 0.29) is 29.7 Å². The number of rotatable bonds is 10. The molecule has 2 N–H and O–H groups in total. The number of halogens is 3. The molecule has 0 saturated carbocycles. The van der Waals surface area contributed by atoms with Crippen molar-refractivity contribution in [2.75, 3.05) is 39.7 Å². The lowest BCUT2D eigenvalue weighted by molar-refractivity contribution is -0.0498. The van der Waals surface area contributed by atoms with E-state index in [9.17, 15) is 8.78 Å². The molecule has 0 radical (unpaired) electrons. The van der Waals surface area contributed by atoms with Crippen molar-refractivity contribution < 1.29 is 18.3 Å². The summed E-state index contributed by atoms with van der Waals surface area (Å²) >= 11 is 0. The Bertz CT molecular complexity index is 759. The highest BCUT2D eigenvalue weighted by atomic mass is 127. The monoisotopic (exact) mass is 534 g/mol. The Morgan fingerprint density at radius 2 is 1.70 bits per heavy atom. The van der Waals surface area contributed by atoms with Crippen LogP contribution in [0.2, 0.25) is 0 Å². The second kappa shape index (κ2) is 14.0. The number of nitrogens with one attached hydrogen (secondary N) is 2. The maximum Gasteiger partial charge on any atom is 0.387 e. The van der Waals surface area contributed by atoms with Crippen LogP contribution in [0.4, 0.5) is 14.5 Å². The third-order valence-corrected chi connectivity index (χ3v) is 4.18. The van der Waals surface area contributed by atoms with Crippen molar-refractivity contribution in [1.29, 1.82) is 0 Å². The van der Waals surface area contributed by atoms with Gasteiger partial charge in [-0.25, -0.2) is 0 Å². The van der Waals surface area contributed by atoms with Crippen molar-refractivity contribution in [3.8, 4) is 5.75 Å². The number of ether oxygens (including phenoxy) is 2. The van der Waals surface area contributed by atoms with E-state index >= 15 is 0 Å². The molecule has 2 rings (SSSR count). The van der Waals surface area contributed by atoms with Crippen molar-refractivity contribution in [3.63, 3.8) is 0 Å². The molecule has 30 heavy (non-hydrogen) atoms. The number of anilines is 1. The summed E-state index contributed by atoms with van der Waals surface area (Å²) in [6, 6.07) is 14.8. The lowest BCUT2D eigenvalue weighted by Crippen LogP contribution is -2.38. The fourth-order valence-corrected chi connectivity index (χ4v) is 2.73. The molecule has 0 bridgehead atoms. The smallest absolute Gasteiger partial charge is 0.387 e. The zero-order chi connectivity index (χ0) is 21.1. The highest BCUT2D eigenvalue weighted by Gasteiger charge is 2.08. The average molecular weight is 534 g/mol. The summed E-state index contributed by atoms with van der Waals surface area (Å²) in [5.74, 6) is 0.884. The molecule has 0 amide bonds. The second-order valence-corrected chi connectivity index (χ2v) is 6.40. The SMILES string of the molecule is CN=C(NCc1ccc(NCCOC)cc1)N(C)Cc1ccc(OC(F)F)cc1.I. The van der Waals surface area contributed by atoms with Crippen LogP contribution < -0.4 is 15.4 Å². The lowest BCUT2D eigenvalue weighted by Gasteiger charge is -2.22. The molecule has 9 heteroatoms. The van der Waals surface area contributed by atoms with Crippen LogP contribution in [0, 0.1) is 0 Å². The number of guanidine groups is 1. The van der Waals surface area contributed by atoms with Gasteiger partial charge < -0.3 is 25.0 Å². The van der Waals surface area contributed by atoms with Gasteiger partial charge in [-0.2, -0.15) is 8.78 Å². The van der Waals surface area contributed by atoms with Gasteiger partial charge in [0.25, 0.3) is 0 Å². The molecule has 166 valence electrons. The first-order valence-corrected chi connectivity index (χ1v) is 9.29. The third-order valence-electron chi connectivity index (χ3n) is 4.18. The van der Waals surface area contributed by atoms with Crippen LogP contribution in [0.3, 0.4) is 0 Å². The number of methoxy groups -OCH3 is 1. The molecule has 0 heterocycles. The number of nitrogens with zero attached hydrogens (tertiary/aromatic N) is 2. The molecular weight excluding hydrogens is 505 g/mol. The van der Waals surface area contributed by atoms with Crippen molar-refractivity contribution in [2.24, 2.45) is 4.99 Å². The Labute approximate surface area is 193 Å². The molecule has 0 aliphatic rings. The van der Waals surface area contributed by atoms with Crippen molar-refractivity contribution in [1.82, 2.24) is 10.2 Å². The molecule has 0 aliphatic carbocycles. The molecule has 0 saturated heterocycles. The van der Waals surface area contributed by atoms with E-state index in [1.54, 1.807) is 26.3 Å². The van der Waals surface area contributed by atoms with Crippen LogP contribution in [0.5, 0.6) is 5.75 Å². The molecule has 2 aromatic carbocycles. The fraction of sp³-hybridized carbons (Fsp3) is 0.381. The number of aliphatic imine (C=N–C) groups is 1. The largest absolute Gasteiger partial charge is 0.435 e. The highest BCUT2D eigenvalue weighted by Crippen LogP contribution is 2.16. The summed E-state index contributed by atoms with van der Waals surface area (Å²) in [6.07, 6.45) is 0. The molecule has 0 aliphatic heterocycles. The first kappa shape index (κ1) is 25.9. The van der Waals surface area contributed by atoms with Crippen LogP contribution in [0.1, 0.15) is 11.1 Å². The van der Waals surface area contributed by atoms with E-state index in [2.05, 4.69) is 32.5 Å². The fourth-order valence-electron chi connectivity index (χ4n) is 2.73. The summed E-state index contributed by atoms with van der Waals surface area (Å²) in [5, 5.41) is 6.61. The van der Waals surface area contributed by atoms with Crippen molar-refractivity contribution >= 4 is 35.6 Å². The minimum Gasteiger partial charge on any atom is -0.435 e. The summed E-state index contributed by atoms with van der Waals surface area (Å²) in [7, 11) is 5.32. The van der Waals surface area contributed by atoms with Crippen molar-refractivity contribution in [2.45, 2.75) is 19.7 Å². The number of hydrogen-bond donors (Lipinski definition) is 2. The minimum atomic E-state index is -2.82.